The van der Waals surface area contributed by atoms with Crippen molar-refractivity contribution in [3.05, 3.63) is 72.7 Å². The van der Waals surface area contributed by atoms with Gasteiger partial charge in [-0.3, -0.25) is 4.98 Å². The van der Waals surface area contributed by atoms with Crippen molar-refractivity contribution < 1.29 is 4.74 Å². The average molecular weight is 357 g/mol. The van der Waals surface area contributed by atoms with Crippen molar-refractivity contribution in [3.63, 3.8) is 0 Å². The van der Waals surface area contributed by atoms with Crippen molar-refractivity contribution in [1.29, 1.82) is 0 Å². The third kappa shape index (κ3) is 3.43. The lowest BCUT2D eigenvalue weighted by Gasteiger charge is -2.07. The van der Waals surface area contributed by atoms with E-state index in [0.29, 0.717) is 12.4 Å². The number of aromatic amines is 1. The van der Waals surface area contributed by atoms with Crippen molar-refractivity contribution in [2.45, 2.75) is 6.61 Å². The summed E-state index contributed by atoms with van der Waals surface area (Å²) >= 11 is 0. The van der Waals surface area contributed by atoms with E-state index in [0.717, 1.165) is 39.5 Å². The van der Waals surface area contributed by atoms with Gasteiger partial charge in [0.2, 0.25) is 0 Å². The van der Waals surface area contributed by atoms with Gasteiger partial charge in [0.15, 0.2) is 0 Å². The predicted octanol–water partition coefficient (Wildman–Crippen LogP) is 3.93. The van der Waals surface area contributed by atoms with Crippen LogP contribution in [0.15, 0.2) is 67.1 Å². The molecule has 0 saturated heterocycles. The van der Waals surface area contributed by atoms with E-state index in [1.165, 1.54) is 0 Å². The van der Waals surface area contributed by atoms with Gasteiger partial charge in [0.1, 0.15) is 11.6 Å². The first-order valence-electron chi connectivity index (χ1n) is 8.56. The van der Waals surface area contributed by atoms with Crippen LogP contribution in [0.3, 0.4) is 0 Å². The highest BCUT2D eigenvalue weighted by atomic mass is 16.5. The average Bonchev–Trinajstić information content (AvgIpc) is 3.17. The first-order chi connectivity index (χ1) is 13.3. The summed E-state index contributed by atoms with van der Waals surface area (Å²) in [5.41, 5.74) is 11.4. The van der Waals surface area contributed by atoms with Crippen LogP contribution in [0.5, 0.6) is 0 Å². The number of hydrogen-bond donors (Lipinski definition) is 2. The molecule has 0 aliphatic heterocycles. The van der Waals surface area contributed by atoms with Crippen LogP contribution in [-0.2, 0) is 11.3 Å². The molecule has 0 unspecified atom stereocenters. The van der Waals surface area contributed by atoms with E-state index in [1.54, 1.807) is 25.7 Å². The molecule has 4 aromatic rings. The van der Waals surface area contributed by atoms with Gasteiger partial charge in [0.05, 0.1) is 18.0 Å². The summed E-state index contributed by atoms with van der Waals surface area (Å²) < 4.78 is 5.23. The summed E-state index contributed by atoms with van der Waals surface area (Å²) in [5, 5.41) is 0. The maximum atomic E-state index is 5.97. The molecule has 6 nitrogen and oxygen atoms in total. The van der Waals surface area contributed by atoms with Gasteiger partial charge in [0.25, 0.3) is 0 Å². The molecular weight excluding hydrogens is 338 g/mol. The molecule has 6 heteroatoms. The van der Waals surface area contributed by atoms with Crippen molar-refractivity contribution >= 4 is 5.82 Å². The Morgan fingerprint density at radius 2 is 1.78 bits per heavy atom. The van der Waals surface area contributed by atoms with Gasteiger partial charge in [-0.25, -0.2) is 9.97 Å². The fraction of sp³-hybridized carbons (Fsp3) is 0.0952. The lowest BCUT2D eigenvalue weighted by atomic mass is 10.1. The second-order valence-electron chi connectivity index (χ2n) is 6.11. The first-order valence-corrected chi connectivity index (χ1v) is 8.56. The number of nitrogens with one attached hydrogen (secondary N) is 1. The molecule has 0 bridgehead atoms. The van der Waals surface area contributed by atoms with E-state index in [-0.39, 0.29) is 0 Å². The first kappa shape index (κ1) is 16.9. The SMILES string of the molecule is COCc1cc(-c2nc(-c3ccccc3)[nH]c2-c2ccncc2)cnc1N. The Labute approximate surface area is 157 Å². The van der Waals surface area contributed by atoms with Crippen LogP contribution in [-0.4, -0.2) is 27.0 Å². The second-order valence-corrected chi connectivity index (χ2v) is 6.11. The van der Waals surface area contributed by atoms with E-state index < -0.39 is 0 Å². The Hall–Kier alpha value is -3.51. The number of H-pyrrole nitrogens is 1. The number of anilines is 1. The van der Waals surface area contributed by atoms with E-state index in [2.05, 4.69) is 15.0 Å². The van der Waals surface area contributed by atoms with Crippen molar-refractivity contribution in [3.8, 4) is 33.9 Å². The Balaban J connectivity index is 1.89. The molecule has 0 fully saturated rings. The zero-order chi connectivity index (χ0) is 18.6. The van der Waals surface area contributed by atoms with E-state index >= 15 is 0 Å². The standard InChI is InChI=1S/C21H19N5O/c1-27-13-17-11-16(12-24-20(17)22)19-18(14-7-9-23-10-8-14)25-21(26-19)15-5-3-2-4-6-15/h2-12H,13H2,1H3,(H2,22,24)(H,25,26). The summed E-state index contributed by atoms with van der Waals surface area (Å²) in [6, 6.07) is 15.9. The number of hydrogen-bond acceptors (Lipinski definition) is 5. The van der Waals surface area contributed by atoms with Gasteiger partial charge in [-0.2, -0.15) is 0 Å². The number of methoxy groups -OCH3 is 1. The Kier molecular flexibility index (Phi) is 4.63. The smallest absolute Gasteiger partial charge is 0.138 e. The van der Waals surface area contributed by atoms with E-state index in [4.69, 9.17) is 15.5 Å². The topological polar surface area (TPSA) is 89.7 Å². The minimum Gasteiger partial charge on any atom is -0.383 e. The molecule has 134 valence electrons. The van der Waals surface area contributed by atoms with Crippen LogP contribution in [0.2, 0.25) is 0 Å². The summed E-state index contributed by atoms with van der Waals surface area (Å²) in [5.74, 6) is 1.26. The highest BCUT2D eigenvalue weighted by Gasteiger charge is 2.16. The van der Waals surface area contributed by atoms with Crippen LogP contribution in [0, 0.1) is 0 Å². The fourth-order valence-electron chi connectivity index (χ4n) is 2.96. The van der Waals surface area contributed by atoms with Gasteiger partial charge in [-0.15, -0.1) is 0 Å². The molecule has 3 heterocycles. The molecule has 27 heavy (non-hydrogen) atoms. The number of nitrogens with zero attached hydrogens (tertiary/aromatic N) is 3. The van der Waals surface area contributed by atoms with E-state index in [1.807, 2.05) is 48.5 Å². The number of imidazole rings is 1. The minimum absolute atomic E-state index is 0.396. The Morgan fingerprint density at radius 1 is 1.00 bits per heavy atom. The second kappa shape index (κ2) is 7.39. The highest BCUT2D eigenvalue weighted by Crippen LogP contribution is 2.33. The predicted molar refractivity (Wildman–Crippen MR) is 106 cm³/mol. The molecule has 0 amide bonds. The fourth-order valence-corrected chi connectivity index (χ4v) is 2.96. The number of ether oxygens (including phenoxy) is 1. The maximum Gasteiger partial charge on any atom is 0.138 e. The number of pyridine rings is 2. The zero-order valence-corrected chi connectivity index (χ0v) is 14.9. The van der Waals surface area contributed by atoms with Gasteiger partial charge in [-0.1, -0.05) is 30.3 Å². The molecule has 3 aromatic heterocycles. The lowest BCUT2D eigenvalue weighted by molar-refractivity contribution is 0.185. The summed E-state index contributed by atoms with van der Waals surface area (Å²) in [7, 11) is 1.64. The van der Waals surface area contributed by atoms with Gasteiger partial charge in [0, 0.05) is 48.0 Å². The molecule has 0 radical (unpaired) electrons. The summed E-state index contributed by atoms with van der Waals surface area (Å²) in [6.45, 7) is 0.396. The Bertz CT molecular complexity index is 1040. The molecule has 0 saturated carbocycles. The van der Waals surface area contributed by atoms with Crippen LogP contribution < -0.4 is 5.73 Å². The third-order valence-electron chi connectivity index (χ3n) is 4.29. The molecule has 0 atom stereocenters. The molecule has 0 aliphatic carbocycles. The third-order valence-corrected chi connectivity index (χ3v) is 4.29. The summed E-state index contributed by atoms with van der Waals surface area (Å²) in [4.78, 5) is 16.7. The maximum absolute atomic E-state index is 5.97. The quantitative estimate of drug-likeness (QED) is 0.565. The summed E-state index contributed by atoms with van der Waals surface area (Å²) in [6.07, 6.45) is 5.27. The number of aromatic nitrogens is 4. The van der Waals surface area contributed by atoms with Crippen LogP contribution >= 0.6 is 0 Å². The van der Waals surface area contributed by atoms with Gasteiger partial charge >= 0.3 is 0 Å². The van der Waals surface area contributed by atoms with E-state index in [9.17, 15) is 0 Å². The van der Waals surface area contributed by atoms with Gasteiger partial charge in [-0.05, 0) is 18.2 Å². The van der Waals surface area contributed by atoms with Crippen LogP contribution in [0.1, 0.15) is 5.56 Å². The zero-order valence-electron chi connectivity index (χ0n) is 14.9. The Morgan fingerprint density at radius 3 is 2.52 bits per heavy atom. The lowest BCUT2D eigenvalue weighted by Crippen LogP contribution is -2.00. The molecular formula is C21H19N5O. The van der Waals surface area contributed by atoms with Crippen LogP contribution in [0.4, 0.5) is 5.82 Å². The van der Waals surface area contributed by atoms with Crippen molar-refractivity contribution in [2.24, 2.45) is 0 Å². The molecule has 0 spiro atoms. The molecule has 0 aliphatic rings. The van der Waals surface area contributed by atoms with Crippen LogP contribution in [0.25, 0.3) is 33.9 Å². The highest BCUT2D eigenvalue weighted by molar-refractivity contribution is 5.81. The number of rotatable bonds is 5. The molecule has 3 N–H and O–H groups in total. The number of nitrogen functional groups attached to an aromatic ring is 1. The molecule has 4 rings (SSSR count). The number of nitrogens with two attached hydrogens (primary N) is 1. The monoisotopic (exact) mass is 357 g/mol. The largest absolute Gasteiger partial charge is 0.383 e. The normalized spacial score (nSPS) is 10.9. The van der Waals surface area contributed by atoms with Gasteiger partial charge < -0.3 is 15.5 Å². The van der Waals surface area contributed by atoms with Crippen molar-refractivity contribution in [2.75, 3.05) is 12.8 Å². The van der Waals surface area contributed by atoms with Crippen molar-refractivity contribution in [1.82, 2.24) is 19.9 Å². The molecule has 1 aromatic carbocycles. The number of benzene rings is 1. The minimum atomic E-state index is 0.396.